The molecule has 0 unspecified atom stereocenters. The van der Waals surface area contributed by atoms with Crippen molar-refractivity contribution in [3.8, 4) is 11.1 Å². The molecule has 0 aliphatic carbocycles. The highest BCUT2D eigenvalue weighted by molar-refractivity contribution is 6.48. The SMILES string of the molecule is C/C=C(/Cl)c1ncc(-c2ccc(F)c(F)c2F)cc1C. The molecule has 0 spiro atoms. The zero-order valence-corrected chi connectivity index (χ0v) is 11.6. The Morgan fingerprint density at radius 3 is 2.50 bits per heavy atom. The summed E-state index contributed by atoms with van der Waals surface area (Å²) in [5, 5.41) is 0.472. The average molecular weight is 298 g/mol. The average Bonchev–Trinajstić information content (AvgIpc) is 2.44. The van der Waals surface area contributed by atoms with E-state index in [0.717, 1.165) is 11.6 Å². The highest BCUT2D eigenvalue weighted by Crippen LogP contribution is 2.28. The van der Waals surface area contributed by atoms with Crippen molar-refractivity contribution in [1.29, 1.82) is 0 Å². The molecule has 0 amide bonds. The van der Waals surface area contributed by atoms with Crippen LogP contribution in [-0.2, 0) is 0 Å². The van der Waals surface area contributed by atoms with E-state index in [4.69, 9.17) is 11.6 Å². The van der Waals surface area contributed by atoms with Crippen LogP contribution in [0.3, 0.4) is 0 Å². The fraction of sp³-hybridized carbons (Fsp3) is 0.133. The normalized spacial score (nSPS) is 11.8. The molecule has 1 aromatic heterocycles. The van der Waals surface area contributed by atoms with Gasteiger partial charge in [0.15, 0.2) is 17.5 Å². The highest BCUT2D eigenvalue weighted by atomic mass is 35.5. The van der Waals surface area contributed by atoms with Crippen LogP contribution in [0.5, 0.6) is 0 Å². The summed E-state index contributed by atoms with van der Waals surface area (Å²) in [5.41, 5.74) is 1.61. The number of nitrogens with zero attached hydrogens (tertiary/aromatic N) is 1. The molecular weight excluding hydrogens is 287 g/mol. The molecule has 0 bridgehead atoms. The van der Waals surface area contributed by atoms with E-state index >= 15 is 0 Å². The second kappa shape index (κ2) is 5.67. The Balaban J connectivity index is 2.56. The molecule has 0 saturated carbocycles. The van der Waals surface area contributed by atoms with Crippen molar-refractivity contribution in [2.24, 2.45) is 0 Å². The summed E-state index contributed by atoms with van der Waals surface area (Å²) in [6, 6.07) is 3.70. The number of benzene rings is 1. The summed E-state index contributed by atoms with van der Waals surface area (Å²) >= 11 is 5.99. The highest BCUT2D eigenvalue weighted by Gasteiger charge is 2.16. The van der Waals surface area contributed by atoms with Gasteiger partial charge in [0.25, 0.3) is 0 Å². The largest absolute Gasteiger partial charge is 0.254 e. The Bertz CT molecular complexity index is 696. The van der Waals surface area contributed by atoms with Crippen LogP contribution in [0.4, 0.5) is 13.2 Å². The quantitative estimate of drug-likeness (QED) is 0.705. The fourth-order valence-electron chi connectivity index (χ4n) is 1.86. The molecule has 0 atom stereocenters. The molecule has 0 aliphatic heterocycles. The molecule has 0 saturated heterocycles. The van der Waals surface area contributed by atoms with E-state index < -0.39 is 17.5 Å². The van der Waals surface area contributed by atoms with E-state index in [2.05, 4.69) is 4.98 Å². The minimum absolute atomic E-state index is 0.0392. The van der Waals surface area contributed by atoms with Gasteiger partial charge in [-0.3, -0.25) is 4.98 Å². The van der Waals surface area contributed by atoms with Gasteiger partial charge in [0, 0.05) is 17.3 Å². The monoisotopic (exact) mass is 297 g/mol. The molecule has 104 valence electrons. The molecule has 1 aromatic carbocycles. The molecule has 1 nitrogen and oxygen atoms in total. The van der Waals surface area contributed by atoms with E-state index in [1.54, 1.807) is 26.0 Å². The fourth-order valence-corrected chi connectivity index (χ4v) is 2.06. The van der Waals surface area contributed by atoms with Gasteiger partial charge >= 0.3 is 0 Å². The van der Waals surface area contributed by atoms with Crippen molar-refractivity contribution in [1.82, 2.24) is 4.98 Å². The maximum atomic E-state index is 13.7. The van der Waals surface area contributed by atoms with E-state index in [9.17, 15) is 13.2 Å². The topological polar surface area (TPSA) is 12.9 Å². The van der Waals surface area contributed by atoms with Crippen LogP contribution in [0.25, 0.3) is 16.2 Å². The third-order valence-electron chi connectivity index (χ3n) is 2.90. The molecule has 5 heteroatoms. The number of aryl methyl sites for hydroxylation is 1. The summed E-state index contributed by atoms with van der Waals surface area (Å²) in [6.45, 7) is 3.53. The number of hydrogen-bond acceptors (Lipinski definition) is 1. The smallest absolute Gasteiger partial charge is 0.195 e. The zero-order chi connectivity index (χ0) is 14.9. The van der Waals surface area contributed by atoms with Gasteiger partial charge in [-0.05, 0) is 37.6 Å². The molecule has 20 heavy (non-hydrogen) atoms. The number of pyridine rings is 1. The molecule has 2 aromatic rings. The summed E-state index contributed by atoms with van der Waals surface area (Å²) in [4.78, 5) is 4.14. The first kappa shape index (κ1) is 14.6. The second-order valence-corrected chi connectivity index (χ2v) is 4.66. The molecular formula is C15H11ClF3N. The van der Waals surface area contributed by atoms with Gasteiger partial charge in [0.05, 0.1) is 10.7 Å². The number of aromatic nitrogens is 1. The lowest BCUT2D eigenvalue weighted by Crippen LogP contribution is -1.96. The summed E-state index contributed by atoms with van der Waals surface area (Å²) in [5.74, 6) is -3.93. The third kappa shape index (κ3) is 2.56. The molecule has 0 fully saturated rings. The minimum Gasteiger partial charge on any atom is -0.254 e. The predicted octanol–water partition coefficient (Wildman–Crippen LogP) is 5.07. The first-order chi connectivity index (χ1) is 9.45. The van der Waals surface area contributed by atoms with Gasteiger partial charge in [0.1, 0.15) is 0 Å². The lowest BCUT2D eigenvalue weighted by molar-refractivity contribution is 0.449. The van der Waals surface area contributed by atoms with Crippen LogP contribution < -0.4 is 0 Å². The van der Waals surface area contributed by atoms with Crippen molar-refractivity contribution in [3.63, 3.8) is 0 Å². The van der Waals surface area contributed by atoms with Crippen molar-refractivity contribution in [2.45, 2.75) is 13.8 Å². The number of halogens is 4. The van der Waals surface area contributed by atoms with Gasteiger partial charge in [-0.1, -0.05) is 17.7 Å². The summed E-state index contributed by atoms with van der Waals surface area (Å²) in [6.07, 6.45) is 3.07. The lowest BCUT2D eigenvalue weighted by Gasteiger charge is -2.08. The van der Waals surface area contributed by atoms with E-state index in [-0.39, 0.29) is 5.56 Å². The lowest BCUT2D eigenvalue weighted by atomic mass is 10.0. The first-order valence-corrected chi connectivity index (χ1v) is 6.26. The Morgan fingerprint density at radius 2 is 1.90 bits per heavy atom. The van der Waals surface area contributed by atoms with Crippen LogP contribution in [0.2, 0.25) is 0 Å². The van der Waals surface area contributed by atoms with Crippen LogP contribution in [0.1, 0.15) is 18.2 Å². The molecule has 2 rings (SSSR count). The Labute approximate surface area is 119 Å². The van der Waals surface area contributed by atoms with Crippen LogP contribution in [0, 0.1) is 24.4 Å². The maximum Gasteiger partial charge on any atom is 0.195 e. The predicted molar refractivity (Wildman–Crippen MR) is 73.8 cm³/mol. The number of rotatable bonds is 2. The van der Waals surface area contributed by atoms with Gasteiger partial charge in [-0.15, -0.1) is 0 Å². The van der Waals surface area contributed by atoms with E-state index in [1.165, 1.54) is 12.3 Å². The van der Waals surface area contributed by atoms with Crippen molar-refractivity contribution < 1.29 is 13.2 Å². The Hall–Kier alpha value is -1.81. The van der Waals surface area contributed by atoms with E-state index in [1.807, 2.05) is 0 Å². The molecule has 0 radical (unpaired) electrons. The maximum absolute atomic E-state index is 13.7. The second-order valence-electron chi connectivity index (χ2n) is 4.25. The third-order valence-corrected chi connectivity index (χ3v) is 3.30. The standard InChI is InChI=1S/C15H11ClF3N/c1-3-11(16)15-8(2)6-9(7-20-15)10-4-5-12(17)14(19)13(10)18/h3-7H,1-2H3/b11-3+. The number of allylic oxidation sites excluding steroid dienone is 1. The zero-order valence-electron chi connectivity index (χ0n) is 10.8. The molecule has 0 N–H and O–H groups in total. The van der Waals surface area contributed by atoms with Crippen LogP contribution in [0.15, 0.2) is 30.5 Å². The summed E-state index contributed by atoms with van der Waals surface area (Å²) in [7, 11) is 0. The Morgan fingerprint density at radius 1 is 1.20 bits per heavy atom. The van der Waals surface area contributed by atoms with Crippen molar-refractivity contribution >= 4 is 16.6 Å². The number of hydrogen-bond donors (Lipinski definition) is 0. The summed E-state index contributed by atoms with van der Waals surface area (Å²) < 4.78 is 39.9. The van der Waals surface area contributed by atoms with Crippen LogP contribution in [-0.4, -0.2) is 4.98 Å². The van der Waals surface area contributed by atoms with Crippen molar-refractivity contribution in [2.75, 3.05) is 0 Å². The first-order valence-electron chi connectivity index (χ1n) is 5.88. The van der Waals surface area contributed by atoms with Crippen molar-refractivity contribution in [3.05, 3.63) is 59.2 Å². The Kier molecular flexibility index (Phi) is 4.14. The van der Waals surface area contributed by atoms with Gasteiger partial charge in [0.2, 0.25) is 0 Å². The molecule has 0 aliphatic rings. The van der Waals surface area contributed by atoms with Gasteiger partial charge in [-0.25, -0.2) is 13.2 Å². The van der Waals surface area contributed by atoms with Crippen LogP contribution >= 0.6 is 11.6 Å². The van der Waals surface area contributed by atoms with E-state index in [0.29, 0.717) is 16.3 Å². The van der Waals surface area contributed by atoms with Gasteiger partial charge < -0.3 is 0 Å². The minimum atomic E-state index is -1.49. The van der Waals surface area contributed by atoms with Gasteiger partial charge in [-0.2, -0.15) is 0 Å². The molecule has 1 heterocycles.